The largest absolute Gasteiger partial charge is 0.381 e. The van der Waals surface area contributed by atoms with E-state index in [9.17, 15) is 4.79 Å². The van der Waals surface area contributed by atoms with Crippen molar-refractivity contribution in [2.45, 2.75) is 51.2 Å². The molecule has 2 atom stereocenters. The molecule has 6 nitrogen and oxygen atoms in total. The summed E-state index contributed by atoms with van der Waals surface area (Å²) in [7, 11) is 1.71. The lowest BCUT2D eigenvalue weighted by molar-refractivity contribution is 0.0906. The van der Waals surface area contributed by atoms with Gasteiger partial charge in [0.2, 0.25) is 5.82 Å². The van der Waals surface area contributed by atoms with Gasteiger partial charge >= 0.3 is 0 Å². The van der Waals surface area contributed by atoms with Crippen molar-refractivity contribution in [3.8, 4) is 0 Å². The number of nitrogens with one attached hydrogen (secondary N) is 2. The number of hydrogen-bond donors (Lipinski definition) is 2. The first-order chi connectivity index (χ1) is 8.60. The first-order valence-corrected chi connectivity index (χ1v) is 6.36. The third-order valence-electron chi connectivity index (χ3n) is 3.31. The molecule has 0 bridgehead atoms. The highest BCUT2D eigenvalue weighted by Crippen LogP contribution is 2.21. The number of ether oxygens (including phenoxy) is 1. The number of aromatic amines is 1. The number of methoxy groups -OCH3 is 1. The van der Waals surface area contributed by atoms with Crippen molar-refractivity contribution in [3.05, 3.63) is 11.6 Å². The van der Waals surface area contributed by atoms with Gasteiger partial charge in [-0.2, -0.15) is 0 Å². The molecule has 0 radical (unpaired) electrons. The van der Waals surface area contributed by atoms with Gasteiger partial charge in [-0.3, -0.25) is 9.89 Å². The molecule has 0 aliphatic heterocycles. The van der Waals surface area contributed by atoms with Gasteiger partial charge in [0.1, 0.15) is 5.82 Å². The molecular weight excluding hydrogens is 232 g/mol. The molecule has 0 aromatic carbocycles. The molecule has 0 saturated heterocycles. The molecule has 100 valence electrons. The molecule has 2 rings (SSSR count). The molecule has 0 spiro atoms. The van der Waals surface area contributed by atoms with Crippen LogP contribution in [0.4, 0.5) is 0 Å². The fraction of sp³-hybridized carbons (Fsp3) is 0.750. The number of carbonyl (C=O) groups is 1. The van der Waals surface area contributed by atoms with E-state index in [4.69, 9.17) is 4.74 Å². The van der Waals surface area contributed by atoms with Crippen molar-refractivity contribution in [3.63, 3.8) is 0 Å². The fourth-order valence-electron chi connectivity index (χ4n) is 2.17. The van der Waals surface area contributed by atoms with E-state index >= 15 is 0 Å². The minimum Gasteiger partial charge on any atom is -0.381 e. The molecule has 1 amide bonds. The second-order valence-corrected chi connectivity index (χ2v) is 5.04. The zero-order chi connectivity index (χ0) is 13.1. The summed E-state index contributed by atoms with van der Waals surface area (Å²) in [6.45, 7) is 4.00. The second kappa shape index (κ2) is 5.48. The van der Waals surface area contributed by atoms with E-state index in [-0.39, 0.29) is 29.8 Å². The third kappa shape index (κ3) is 2.87. The van der Waals surface area contributed by atoms with Crippen molar-refractivity contribution < 1.29 is 9.53 Å². The number of carbonyl (C=O) groups excluding carboxylic acids is 1. The Balaban J connectivity index is 1.91. The quantitative estimate of drug-likeness (QED) is 0.844. The average molecular weight is 252 g/mol. The predicted octanol–water partition coefficient (Wildman–Crippen LogP) is 1.23. The number of hydrogen-bond acceptors (Lipinski definition) is 4. The molecule has 2 unspecified atom stereocenters. The summed E-state index contributed by atoms with van der Waals surface area (Å²) in [5.41, 5.74) is 0. The van der Waals surface area contributed by atoms with Crippen LogP contribution in [-0.2, 0) is 4.74 Å². The number of amides is 1. The Bertz CT molecular complexity index is 416. The van der Waals surface area contributed by atoms with Gasteiger partial charge in [0, 0.05) is 19.1 Å². The number of rotatable bonds is 4. The van der Waals surface area contributed by atoms with Crippen LogP contribution in [0.1, 0.15) is 55.5 Å². The van der Waals surface area contributed by atoms with Crippen LogP contribution >= 0.6 is 0 Å². The normalized spacial score (nSPS) is 23.6. The zero-order valence-electron chi connectivity index (χ0n) is 11.1. The maximum atomic E-state index is 11.9. The van der Waals surface area contributed by atoms with E-state index in [2.05, 4.69) is 20.5 Å². The molecule has 1 heterocycles. The monoisotopic (exact) mass is 252 g/mol. The molecule has 6 heteroatoms. The first kappa shape index (κ1) is 13.0. The van der Waals surface area contributed by atoms with E-state index in [0.717, 1.165) is 25.1 Å². The molecule has 1 saturated carbocycles. The summed E-state index contributed by atoms with van der Waals surface area (Å²) < 4.78 is 5.28. The highest BCUT2D eigenvalue weighted by Gasteiger charge is 2.27. The van der Waals surface area contributed by atoms with Crippen molar-refractivity contribution in [2.75, 3.05) is 7.11 Å². The maximum absolute atomic E-state index is 11.9. The van der Waals surface area contributed by atoms with E-state index in [1.807, 2.05) is 13.8 Å². The first-order valence-electron chi connectivity index (χ1n) is 6.36. The summed E-state index contributed by atoms with van der Waals surface area (Å²) in [5, 5.41) is 9.67. The van der Waals surface area contributed by atoms with Gasteiger partial charge in [-0.15, -0.1) is 5.10 Å². The molecule has 1 aromatic rings. The Kier molecular flexibility index (Phi) is 3.96. The molecule has 2 N–H and O–H groups in total. The molecule has 1 aliphatic carbocycles. The van der Waals surface area contributed by atoms with Crippen molar-refractivity contribution in [1.29, 1.82) is 0 Å². The van der Waals surface area contributed by atoms with Crippen molar-refractivity contribution in [2.24, 2.45) is 0 Å². The number of aromatic nitrogens is 3. The molecular formula is C12H20N4O2. The highest BCUT2D eigenvalue weighted by molar-refractivity contribution is 5.90. The predicted molar refractivity (Wildman–Crippen MR) is 66.4 cm³/mol. The number of H-pyrrole nitrogens is 1. The topological polar surface area (TPSA) is 79.9 Å². The average Bonchev–Trinajstić information content (AvgIpc) is 2.97. The van der Waals surface area contributed by atoms with Gasteiger partial charge in [-0.1, -0.05) is 13.8 Å². The van der Waals surface area contributed by atoms with Crippen molar-refractivity contribution in [1.82, 2.24) is 20.5 Å². The summed E-state index contributed by atoms with van der Waals surface area (Å²) in [4.78, 5) is 16.1. The smallest absolute Gasteiger partial charge is 0.291 e. The van der Waals surface area contributed by atoms with Crippen LogP contribution in [-0.4, -0.2) is 40.3 Å². The standard InChI is InChI=1S/C12H20N4O2/c1-7(2)10-14-11(16-15-10)12(17)13-8-4-5-9(6-8)18-3/h7-9H,4-6H2,1-3H3,(H,13,17)(H,14,15,16). The fourth-order valence-corrected chi connectivity index (χ4v) is 2.17. The lowest BCUT2D eigenvalue weighted by Gasteiger charge is -2.11. The van der Waals surface area contributed by atoms with Gasteiger partial charge in [-0.25, -0.2) is 4.98 Å². The SMILES string of the molecule is COC1CCC(NC(=O)c2n[nH]c(C(C)C)n2)C1. The molecule has 18 heavy (non-hydrogen) atoms. The summed E-state index contributed by atoms with van der Waals surface area (Å²) in [5.74, 6) is 0.990. The van der Waals surface area contributed by atoms with Crippen LogP contribution in [0.5, 0.6) is 0 Å². The van der Waals surface area contributed by atoms with Gasteiger partial charge < -0.3 is 10.1 Å². The van der Waals surface area contributed by atoms with Gasteiger partial charge in [0.15, 0.2) is 0 Å². The molecule has 1 aliphatic rings. The van der Waals surface area contributed by atoms with E-state index in [0.29, 0.717) is 0 Å². The summed E-state index contributed by atoms with van der Waals surface area (Å²) in [6, 6.07) is 0.170. The second-order valence-electron chi connectivity index (χ2n) is 5.04. The minimum atomic E-state index is -0.208. The van der Waals surface area contributed by atoms with Crippen LogP contribution in [0.15, 0.2) is 0 Å². The van der Waals surface area contributed by atoms with Crippen molar-refractivity contribution >= 4 is 5.91 Å². The molecule has 1 aromatic heterocycles. The van der Waals surface area contributed by atoms with Gasteiger partial charge in [-0.05, 0) is 19.3 Å². The van der Waals surface area contributed by atoms with Crippen LogP contribution in [0.2, 0.25) is 0 Å². The van der Waals surface area contributed by atoms with Crippen LogP contribution in [0.25, 0.3) is 0 Å². The highest BCUT2D eigenvalue weighted by atomic mass is 16.5. The van der Waals surface area contributed by atoms with Crippen LogP contribution in [0.3, 0.4) is 0 Å². The Morgan fingerprint density at radius 3 is 2.83 bits per heavy atom. The number of nitrogens with zero attached hydrogens (tertiary/aromatic N) is 2. The summed E-state index contributed by atoms with van der Waals surface area (Å²) >= 11 is 0. The van der Waals surface area contributed by atoms with Crippen LogP contribution in [0, 0.1) is 0 Å². The Hall–Kier alpha value is -1.43. The van der Waals surface area contributed by atoms with E-state index in [1.54, 1.807) is 7.11 Å². The van der Waals surface area contributed by atoms with E-state index in [1.165, 1.54) is 0 Å². The lowest BCUT2D eigenvalue weighted by atomic mass is 10.2. The van der Waals surface area contributed by atoms with Gasteiger partial charge in [0.05, 0.1) is 6.10 Å². The maximum Gasteiger partial charge on any atom is 0.291 e. The zero-order valence-corrected chi connectivity index (χ0v) is 11.1. The van der Waals surface area contributed by atoms with E-state index < -0.39 is 0 Å². The molecule has 1 fully saturated rings. The Labute approximate surface area is 107 Å². The summed E-state index contributed by atoms with van der Waals surface area (Å²) in [6.07, 6.45) is 3.07. The Morgan fingerprint density at radius 1 is 1.50 bits per heavy atom. The Morgan fingerprint density at radius 2 is 2.28 bits per heavy atom. The lowest BCUT2D eigenvalue weighted by Crippen LogP contribution is -2.34. The minimum absolute atomic E-state index is 0.170. The van der Waals surface area contributed by atoms with Crippen LogP contribution < -0.4 is 5.32 Å². The third-order valence-corrected chi connectivity index (χ3v) is 3.31. The van der Waals surface area contributed by atoms with Gasteiger partial charge in [0.25, 0.3) is 5.91 Å².